The SMILES string of the molecule is Cc1cc(Cl)ccc1C(CC(=NO)c1ccc(=O)n(C)c1)c1ccc(-c2ccc(S(N)(=O)=O)cc2)cc1. The Morgan fingerprint density at radius 2 is 1.62 bits per heavy atom. The van der Waals surface area contributed by atoms with Crippen LogP contribution in [0.4, 0.5) is 0 Å². The molecular weight excluding hydrogens is 510 g/mol. The van der Waals surface area contributed by atoms with Gasteiger partial charge in [-0.05, 0) is 65.1 Å². The van der Waals surface area contributed by atoms with Crippen LogP contribution in [0.3, 0.4) is 0 Å². The number of nitrogens with two attached hydrogens (primary N) is 1. The lowest BCUT2D eigenvalue weighted by Gasteiger charge is -2.21. The smallest absolute Gasteiger partial charge is 0.250 e. The molecule has 0 saturated carbocycles. The summed E-state index contributed by atoms with van der Waals surface area (Å²) in [5, 5.41) is 19.3. The molecule has 0 amide bonds. The van der Waals surface area contributed by atoms with Gasteiger partial charge in [-0.25, -0.2) is 13.6 Å². The molecule has 1 atom stereocenters. The quantitative estimate of drug-likeness (QED) is 0.195. The van der Waals surface area contributed by atoms with E-state index >= 15 is 0 Å². The lowest BCUT2D eigenvalue weighted by Crippen LogP contribution is -2.18. The van der Waals surface area contributed by atoms with E-state index < -0.39 is 10.0 Å². The number of hydrogen-bond acceptors (Lipinski definition) is 5. The standard InChI is InChI=1S/C28H26ClN3O4S/c1-18-15-23(29)10-13-25(18)26(16-27(31-34)22-9-14-28(33)32(2)17-22)21-5-3-19(4-6-21)20-7-11-24(12-8-20)37(30,35)36/h3-15,17,26,34H,16H2,1-2H3,(H2,30,35,36). The average molecular weight is 536 g/mol. The molecule has 37 heavy (non-hydrogen) atoms. The summed E-state index contributed by atoms with van der Waals surface area (Å²) in [4.78, 5) is 11.9. The van der Waals surface area contributed by atoms with Crippen LogP contribution < -0.4 is 10.7 Å². The molecule has 0 bridgehead atoms. The molecule has 0 spiro atoms. The summed E-state index contributed by atoms with van der Waals surface area (Å²) in [6.07, 6.45) is 2.02. The van der Waals surface area contributed by atoms with Crippen molar-refractivity contribution in [3.05, 3.63) is 123 Å². The fourth-order valence-electron chi connectivity index (χ4n) is 4.36. The topological polar surface area (TPSA) is 115 Å². The van der Waals surface area contributed by atoms with E-state index in [-0.39, 0.29) is 16.4 Å². The fraction of sp³-hybridized carbons (Fsp3) is 0.143. The van der Waals surface area contributed by atoms with Gasteiger partial charge in [-0.15, -0.1) is 0 Å². The van der Waals surface area contributed by atoms with E-state index in [0.717, 1.165) is 27.8 Å². The molecular formula is C28H26ClN3O4S. The van der Waals surface area contributed by atoms with Gasteiger partial charge in [0.2, 0.25) is 15.6 Å². The zero-order valence-corrected chi connectivity index (χ0v) is 21.9. The molecule has 0 aliphatic heterocycles. The molecule has 190 valence electrons. The number of nitrogens with zero attached hydrogens (tertiary/aromatic N) is 2. The largest absolute Gasteiger partial charge is 0.411 e. The van der Waals surface area contributed by atoms with Gasteiger partial charge >= 0.3 is 0 Å². The van der Waals surface area contributed by atoms with Crippen LogP contribution in [0, 0.1) is 6.92 Å². The van der Waals surface area contributed by atoms with Crippen molar-refractivity contribution >= 4 is 27.3 Å². The van der Waals surface area contributed by atoms with Crippen LogP contribution in [0.5, 0.6) is 0 Å². The van der Waals surface area contributed by atoms with Gasteiger partial charge in [-0.1, -0.05) is 59.2 Å². The second kappa shape index (κ2) is 10.7. The van der Waals surface area contributed by atoms with Crippen molar-refractivity contribution in [3.8, 4) is 11.1 Å². The molecule has 4 aromatic rings. The van der Waals surface area contributed by atoms with E-state index in [4.69, 9.17) is 16.7 Å². The Balaban J connectivity index is 1.72. The first-order valence-corrected chi connectivity index (χ1v) is 13.4. The van der Waals surface area contributed by atoms with Crippen LogP contribution in [0.2, 0.25) is 5.02 Å². The van der Waals surface area contributed by atoms with E-state index in [9.17, 15) is 18.4 Å². The number of sulfonamides is 1. The number of benzene rings is 3. The van der Waals surface area contributed by atoms with Crippen molar-refractivity contribution in [1.29, 1.82) is 0 Å². The maximum Gasteiger partial charge on any atom is 0.250 e. The Kier molecular flexibility index (Phi) is 7.63. The number of hydrogen-bond donors (Lipinski definition) is 2. The molecule has 3 aromatic carbocycles. The molecule has 1 heterocycles. The van der Waals surface area contributed by atoms with Crippen LogP contribution in [0.1, 0.15) is 34.6 Å². The Labute approximate surface area is 220 Å². The first kappa shape index (κ1) is 26.3. The molecule has 0 saturated heterocycles. The molecule has 1 unspecified atom stereocenters. The van der Waals surface area contributed by atoms with Crippen molar-refractivity contribution in [2.45, 2.75) is 24.2 Å². The summed E-state index contributed by atoms with van der Waals surface area (Å²) in [7, 11) is -2.11. The summed E-state index contributed by atoms with van der Waals surface area (Å²) in [6.45, 7) is 1.98. The van der Waals surface area contributed by atoms with Crippen molar-refractivity contribution in [2.75, 3.05) is 0 Å². The minimum atomic E-state index is -3.76. The Morgan fingerprint density at radius 3 is 2.16 bits per heavy atom. The highest BCUT2D eigenvalue weighted by Gasteiger charge is 2.21. The third kappa shape index (κ3) is 5.99. The van der Waals surface area contributed by atoms with E-state index in [0.29, 0.717) is 22.7 Å². The van der Waals surface area contributed by atoms with Crippen molar-refractivity contribution in [1.82, 2.24) is 4.57 Å². The van der Waals surface area contributed by atoms with Crippen molar-refractivity contribution in [3.63, 3.8) is 0 Å². The zero-order valence-electron chi connectivity index (χ0n) is 20.3. The molecule has 0 radical (unpaired) electrons. The molecule has 0 fully saturated rings. The van der Waals surface area contributed by atoms with Crippen LogP contribution in [-0.4, -0.2) is 23.9 Å². The maximum atomic E-state index is 11.9. The monoisotopic (exact) mass is 535 g/mol. The second-order valence-corrected chi connectivity index (χ2v) is 10.9. The predicted octanol–water partition coefficient (Wildman–Crippen LogP) is 5.06. The predicted molar refractivity (Wildman–Crippen MR) is 146 cm³/mol. The minimum Gasteiger partial charge on any atom is -0.411 e. The number of halogens is 1. The third-order valence-corrected chi connectivity index (χ3v) is 7.54. The van der Waals surface area contributed by atoms with Gasteiger partial charge in [0.1, 0.15) is 0 Å². The summed E-state index contributed by atoms with van der Waals surface area (Å²) >= 11 is 6.22. The Morgan fingerprint density at radius 1 is 1.00 bits per heavy atom. The number of pyridine rings is 1. The number of aryl methyl sites for hydroxylation is 2. The highest BCUT2D eigenvalue weighted by atomic mass is 35.5. The van der Waals surface area contributed by atoms with E-state index in [1.165, 1.54) is 22.8 Å². The van der Waals surface area contributed by atoms with Gasteiger partial charge in [0.05, 0.1) is 10.6 Å². The van der Waals surface area contributed by atoms with Crippen LogP contribution in [0.25, 0.3) is 11.1 Å². The summed E-state index contributed by atoms with van der Waals surface area (Å²) in [5.74, 6) is -0.167. The normalized spacial score (nSPS) is 12.9. The van der Waals surface area contributed by atoms with Crippen LogP contribution in [-0.2, 0) is 17.1 Å². The summed E-state index contributed by atoms with van der Waals surface area (Å²) in [5.41, 5.74) is 5.70. The van der Waals surface area contributed by atoms with Crippen molar-refractivity contribution in [2.24, 2.45) is 17.3 Å². The maximum absolute atomic E-state index is 11.9. The molecule has 0 aliphatic rings. The van der Waals surface area contributed by atoms with Crippen LogP contribution >= 0.6 is 11.6 Å². The van der Waals surface area contributed by atoms with Gasteiger partial charge in [0, 0.05) is 42.2 Å². The van der Waals surface area contributed by atoms with E-state index in [1.807, 2.05) is 49.4 Å². The minimum absolute atomic E-state index is 0.0559. The summed E-state index contributed by atoms with van der Waals surface area (Å²) in [6, 6.07) is 23.1. The van der Waals surface area contributed by atoms with Gasteiger partial charge < -0.3 is 9.77 Å². The van der Waals surface area contributed by atoms with E-state index in [1.54, 1.807) is 31.4 Å². The lowest BCUT2D eigenvalue weighted by atomic mass is 9.83. The number of oxime groups is 1. The molecule has 3 N–H and O–H groups in total. The first-order chi connectivity index (χ1) is 17.6. The highest BCUT2D eigenvalue weighted by molar-refractivity contribution is 7.89. The van der Waals surface area contributed by atoms with Gasteiger partial charge in [0.25, 0.3) is 0 Å². The Bertz CT molecular complexity index is 1630. The highest BCUT2D eigenvalue weighted by Crippen LogP contribution is 2.34. The first-order valence-electron chi connectivity index (χ1n) is 11.4. The number of primary sulfonamides is 1. The molecule has 1 aromatic heterocycles. The molecule has 0 aliphatic carbocycles. The molecule has 4 rings (SSSR count). The average Bonchev–Trinajstić information content (AvgIpc) is 2.87. The molecule has 7 nitrogen and oxygen atoms in total. The van der Waals surface area contributed by atoms with Crippen molar-refractivity contribution < 1.29 is 13.6 Å². The zero-order chi connectivity index (χ0) is 26.7. The van der Waals surface area contributed by atoms with Crippen LogP contribution in [0.15, 0.2) is 99.9 Å². The third-order valence-electron chi connectivity index (χ3n) is 6.37. The lowest BCUT2D eigenvalue weighted by molar-refractivity contribution is 0.317. The second-order valence-electron chi connectivity index (χ2n) is 8.86. The fourth-order valence-corrected chi connectivity index (χ4v) is 5.10. The Hall–Kier alpha value is -3.72. The van der Waals surface area contributed by atoms with Gasteiger partial charge in [0.15, 0.2) is 0 Å². The summed E-state index contributed by atoms with van der Waals surface area (Å²) < 4.78 is 24.6. The number of rotatable bonds is 7. The van der Waals surface area contributed by atoms with Gasteiger partial charge in [-0.3, -0.25) is 4.79 Å². The number of aromatic nitrogens is 1. The van der Waals surface area contributed by atoms with E-state index in [2.05, 4.69) is 5.16 Å². The van der Waals surface area contributed by atoms with Gasteiger partial charge in [-0.2, -0.15) is 0 Å². The molecule has 9 heteroatoms.